The average molecular weight is 321 g/mol. The lowest BCUT2D eigenvalue weighted by Crippen LogP contribution is -2.00. The maximum atomic E-state index is 5.33. The van der Waals surface area contributed by atoms with E-state index in [1.165, 1.54) is 0 Å². The molecule has 0 radical (unpaired) electrons. The summed E-state index contributed by atoms with van der Waals surface area (Å²) in [7, 11) is 0. The summed E-state index contributed by atoms with van der Waals surface area (Å²) in [5, 5.41) is 0. The second kappa shape index (κ2) is 4.62. The summed E-state index contributed by atoms with van der Waals surface area (Å²) in [6.45, 7) is 0.668. The van der Waals surface area contributed by atoms with Gasteiger partial charge in [-0.15, -0.1) is 0 Å². The molecule has 18 heavy (non-hydrogen) atoms. The van der Waals surface area contributed by atoms with Crippen LogP contribution in [0.25, 0.3) is 11.2 Å². The van der Waals surface area contributed by atoms with E-state index >= 15 is 0 Å². The normalized spacial score (nSPS) is 10.9. The van der Waals surface area contributed by atoms with E-state index in [1.807, 2.05) is 29.0 Å². The SMILES string of the molecule is S=c1[nH]c2cc(Br)cnc2n1Cc1cccnc1. The number of hydrogen-bond donors (Lipinski definition) is 1. The number of aromatic nitrogens is 4. The zero-order valence-electron chi connectivity index (χ0n) is 9.30. The monoisotopic (exact) mass is 320 g/mol. The van der Waals surface area contributed by atoms with Crippen LogP contribution in [0.1, 0.15) is 5.56 Å². The van der Waals surface area contributed by atoms with Gasteiger partial charge < -0.3 is 4.98 Å². The average Bonchev–Trinajstić information content (AvgIpc) is 2.66. The van der Waals surface area contributed by atoms with Gasteiger partial charge in [0.2, 0.25) is 0 Å². The molecule has 0 saturated carbocycles. The highest BCUT2D eigenvalue weighted by molar-refractivity contribution is 9.10. The van der Waals surface area contributed by atoms with Crippen molar-refractivity contribution in [3.05, 3.63) is 51.6 Å². The molecule has 1 N–H and O–H groups in total. The Labute approximate surface area is 117 Å². The molecule has 6 heteroatoms. The Hall–Kier alpha value is -1.53. The van der Waals surface area contributed by atoms with E-state index in [4.69, 9.17) is 12.2 Å². The zero-order chi connectivity index (χ0) is 12.5. The molecule has 4 nitrogen and oxygen atoms in total. The minimum atomic E-state index is 0.666. The van der Waals surface area contributed by atoms with E-state index in [9.17, 15) is 0 Å². The van der Waals surface area contributed by atoms with E-state index in [0.29, 0.717) is 11.3 Å². The van der Waals surface area contributed by atoms with Gasteiger partial charge >= 0.3 is 0 Å². The van der Waals surface area contributed by atoms with Gasteiger partial charge in [-0.25, -0.2) is 4.98 Å². The Bertz CT molecular complexity index is 748. The molecule has 0 unspecified atom stereocenters. The molecule has 0 aliphatic carbocycles. The van der Waals surface area contributed by atoms with Crippen LogP contribution in [0, 0.1) is 4.77 Å². The first-order valence-electron chi connectivity index (χ1n) is 5.37. The van der Waals surface area contributed by atoms with Crippen molar-refractivity contribution in [2.45, 2.75) is 6.54 Å². The standard InChI is InChI=1S/C12H9BrN4S/c13-9-4-10-11(15-6-9)17(12(18)16-10)7-8-2-1-3-14-5-8/h1-6H,7H2,(H,16,18). The first-order valence-corrected chi connectivity index (χ1v) is 6.57. The van der Waals surface area contributed by atoms with Crippen molar-refractivity contribution in [3.63, 3.8) is 0 Å². The highest BCUT2D eigenvalue weighted by atomic mass is 79.9. The third kappa shape index (κ3) is 2.09. The molecule has 0 amide bonds. The fraction of sp³-hybridized carbons (Fsp3) is 0.0833. The quantitative estimate of drug-likeness (QED) is 0.737. The van der Waals surface area contributed by atoms with Crippen LogP contribution in [0.15, 0.2) is 41.3 Å². The van der Waals surface area contributed by atoms with Crippen LogP contribution in [-0.4, -0.2) is 19.5 Å². The van der Waals surface area contributed by atoms with Gasteiger partial charge in [-0.1, -0.05) is 6.07 Å². The van der Waals surface area contributed by atoms with Crippen LogP contribution >= 0.6 is 28.1 Å². The molecular weight excluding hydrogens is 312 g/mol. The number of fused-ring (bicyclic) bond motifs is 1. The van der Waals surface area contributed by atoms with Gasteiger partial charge in [0.05, 0.1) is 12.1 Å². The van der Waals surface area contributed by atoms with Crippen molar-refractivity contribution in [1.29, 1.82) is 0 Å². The number of rotatable bonds is 2. The first kappa shape index (κ1) is 11.6. The molecule has 0 fully saturated rings. The number of pyridine rings is 2. The number of nitrogens with zero attached hydrogens (tertiary/aromatic N) is 3. The molecule has 0 atom stereocenters. The highest BCUT2D eigenvalue weighted by Gasteiger charge is 2.06. The maximum Gasteiger partial charge on any atom is 0.179 e. The van der Waals surface area contributed by atoms with Crippen molar-refractivity contribution in [2.75, 3.05) is 0 Å². The van der Waals surface area contributed by atoms with Crippen LogP contribution < -0.4 is 0 Å². The molecule has 3 heterocycles. The van der Waals surface area contributed by atoms with Crippen molar-refractivity contribution in [1.82, 2.24) is 19.5 Å². The maximum absolute atomic E-state index is 5.33. The molecule has 0 bridgehead atoms. The molecule has 0 spiro atoms. The molecule has 0 saturated heterocycles. The predicted octanol–water partition coefficient (Wildman–Crippen LogP) is 3.30. The minimum Gasteiger partial charge on any atom is -0.329 e. The molecule has 3 rings (SSSR count). The van der Waals surface area contributed by atoms with Gasteiger partial charge in [-0.3, -0.25) is 9.55 Å². The van der Waals surface area contributed by atoms with Crippen LogP contribution in [0.5, 0.6) is 0 Å². The molecular formula is C12H9BrN4S. The number of imidazole rings is 1. The van der Waals surface area contributed by atoms with E-state index in [0.717, 1.165) is 21.2 Å². The summed E-state index contributed by atoms with van der Waals surface area (Å²) in [6.07, 6.45) is 5.36. The lowest BCUT2D eigenvalue weighted by molar-refractivity contribution is 0.796. The summed E-state index contributed by atoms with van der Waals surface area (Å²) in [5.74, 6) is 0. The molecule has 90 valence electrons. The molecule has 3 aromatic rings. The Balaban J connectivity index is 2.12. The van der Waals surface area contributed by atoms with Crippen molar-refractivity contribution in [3.8, 4) is 0 Å². The van der Waals surface area contributed by atoms with Crippen molar-refractivity contribution in [2.24, 2.45) is 0 Å². The van der Waals surface area contributed by atoms with E-state index in [-0.39, 0.29) is 0 Å². The van der Waals surface area contributed by atoms with E-state index < -0.39 is 0 Å². The predicted molar refractivity (Wildman–Crippen MR) is 76.0 cm³/mol. The molecule has 0 aliphatic rings. The number of nitrogens with one attached hydrogen (secondary N) is 1. The number of H-pyrrole nitrogens is 1. The summed E-state index contributed by atoms with van der Waals surface area (Å²) in [4.78, 5) is 11.7. The van der Waals surface area contributed by atoms with Crippen LogP contribution in [0.2, 0.25) is 0 Å². The summed E-state index contributed by atoms with van der Waals surface area (Å²) in [5.41, 5.74) is 2.88. The lowest BCUT2D eigenvalue weighted by atomic mass is 10.3. The van der Waals surface area contributed by atoms with Crippen LogP contribution in [-0.2, 0) is 6.54 Å². The van der Waals surface area contributed by atoms with Crippen LogP contribution in [0.4, 0.5) is 0 Å². The Morgan fingerprint density at radius 2 is 2.28 bits per heavy atom. The van der Waals surface area contributed by atoms with Crippen LogP contribution in [0.3, 0.4) is 0 Å². The van der Waals surface area contributed by atoms with Crippen molar-refractivity contribution >= 4 is 39.3 Å². The lowest BCUT2D eigenvalue weighted by Gasteiger charge is -2.03. The van der Waals surface area contributed by atoms with Gasteiger partial charge in [0, 0.05) is 23.1 Å². The molecule has 0 aromatic carbocycles. The second-order valence-corrected chi connectivity index (χ2v) is 5.20. The topological polar surface area (TPSA) is 46.5 Å². The largest absolute Gasteiger partial charge is 0.329 e. The fourth-order valence-electron chi connectivity index (χ4n) is 1.84. The van der Waals surface area contributed by atoms with Gasteiger partial charge in [-0.05, 0) is 45.8 Å². The van der Waals surface area contributed by atoms with E-state index in [1.54, 1.807) is 12.4 Å². The smallest absolute Gasteiger partial charge is 0.179 e. The number of hydrogen-bond acceptors (Lipinski definition) is 3. The molecule has 3 aromatic heterocycles. The Morgan fingerprint density at radius 1 is 1.39 bits per heavy atom. The number of aromatic amines is 1. The van der Waals surface area contributed by atoms with Crippen molar-refractivity contribution < 1.29 is 0 Å². The molecule has 0 aliphatic heterocycles. The summed E-state index contributed by atoms with van der Waals surface area (Å²) in [6, 6.07) is 5.90. The summed E-state index contributed by atoms with van der Waals surface area (Å²) >= 11 is 8.72. The first-order chi connectivity index (χ1) is 8.74. The third-order valence-corrected chi connectivity index (χ3v) is 3.40. The fourth-order valence-corrected chi connectivity index (χ4v) is 2.43. The summed E-state index contributed by atoms with van der Waals surface area (Å²) < 4.78 is 3.56. The van der Waals surface area contributed by atoms with Gasteiger partial charge in [0.25, 0.3) is 0 Å². The van der Waals surface area contributed by atoms with Gasteiger partial charge in [-0.2, -0.15) is 0 Å². The highest BCUT2D eigenvalue weighted by Crippen LogP contribution is 2.17. The van der Waals surface area contributed by atoms with Gasteiger partial charge in [0.1, 0.15) is 0 Å². The minimum absolute atomic E-state index is 0.666. The van der Waals surface area contributed by atoms with E-state index in [2.05, 4.69) is 30.9 Å². The third-order valence-electron chi connectivity index (χ3n) is 2.64. The van der Waals surface area contributed by atoms with Gasteiger partial charge in [0.15, 0.2) is 10.4 Å². The number of halogens is 1. The Morgan fingerprint density at radius 3 is 3.06 bits per heavy atom. The Kier molecular flexibility index (Phi) is 2.97. The second-order valence-electron chi connectivity index (χ2n) is 3.90. The zero-order valence-corrected chi connectivity index (χ0v) is 11.7.